The largest absolute Gasteiger partial charge is 0.0525 e. The van der Waals surface area contributed by atoms with E-state index < -0.39 is 0 Å². The van der Waals surface area contributed by atoms with Gasteiger partial charge in [0.2, 0.25) is 0 Å². The molecule has 0 N–H and O–H groups in total. The summed E-state index contributed by atoms with van der Waals surface area (Å²) in [6, 6.07) is 0. The average molecular weight is 137 g/mol. The van der Waals surface area contributed by atoms with Gasteiger partial charge in [0.05, 0.1) is 0 Å². The molecule has 1 spiro atoms. The molecule has 2 bridgehead atoms. The van der Waals surface area contributed by atoms with Gasteiger partial charge in [-0.1, -0.05) is 6.42 Å². The third-order valence-electron chi connectivity index (χ3n) is 4.15. The van der Waals surface area contributed by atoms with Crippen molar-refractivity contribution in [1.82, 2.24) is 0 Å². The third kappa shape index (κ3) is 0.500. The van der Waals surface area contributed by atoms with Crippen molar-refractivity contribution in [2.75, 3.05) is 0 Å². The SMILES string of the molecule is [2H][C@H]1C[C@@H]2C[C@H]3CCC[C@@]31C2. The summed E-state index contributed by atoms with van der Waals surface area (Å²) in [7, 11) is 0. The Morgan fingerprint density at radius 2 is 2.40 bits per heavy atom. The second-order valence-corrected chi connectivity index (χ2v) is 4.57. The van der Waals surface area contributed by atoms with E-state index in [4.69, 9.17) is 1.37 Å². The molecular weight excluding hydrogens is 120 g/mol. The zero-order valence-electron chi connectivity index (χ0n) is 7.47. The highest BCUT2D eigenvalue weighted by Crippen LogP contribution is 2.64. The van der Waals surface area contributed by atoms with Crippen LogP contribution in [0.5, 0.6) is 0 Å². The summed E-state index contributed by atoms with van der Waals surface area (Å²) in [6.07, 6.45) is 8.73. The first kappa shape index (κ1) is 4.79. The predicted molar refractivity (Wildman–Crippen MR) is 41.7 cm³/mol. The summed E-state index contributed by atoms with van der Waals surface area (Å²) in [5, 5.41) is 0. The molecule has 0 saturated heterocycles. The van der Waals surface area contributed by atoms with Crippen LogP contribution in [0.3, 0.4) is 0 Å². The van der Waals surface area contributed by atoms with Gasteiger partial charge in [-0.2, -0.15) is 0 Å². The monoisotopic (exact) mass is 137 g/mol. The maximum atomic E-state index is 8.04. The molecule has 0 unspecified atom stereocenters. The molecule has 0 nitrogen and oxygen atoms in total. The van der Waals surface area contributed by atoms with E-state index in [1.807, 2.05) is 0 Å². The Bertz CT molecular complexity index is 189. The lowest BCUT2D eigenvalue weighted by molar-refractivity contribution is 0.227. The Labute approximate surface area is 64.4 Å². The van der Waals surface area contributed by atoms with Gasteiger partial charge in [-0.3, -0.25) is 0 Å². The Morgan fingerprint density at radius 1 is 1.40 bits per heavy atom. The van der Waals surface area contributed by atoms with Gasteiger partial charge in [0.15, 0.2) is 0 Å². The van der Waals surface area contributed by atoms with Crippen LogP contribution in [0.25, 0.3) is 0 Å². The van der Waals surface area contributed by atoms with Gasteiger partial charge >= 0.3 is 0 Å². The van der Waals surface area contributed by atoms with Crippen LogP contribution in [0.1, 0.15) is 46.3 Å². The maximum absolute atomic E-state index is 8.04. The van der Waals surface area contributed by atoms with E-state index in [-0.39, 0.29) is 0 Å². The first-order chi connectivity index (χ1) is 5.31. The topological polar surface area (TPSA) is 0 Å². The first-order valence-electron chi connectivity index (χ1n) is 5.31. The molecule has 3 aliphatic carbocycles. The van der Waals surface area contributed by atoms with E-state index in [0.717, 1.165) is 11.8 Å². The molecule has 0 aromatic heterocycles. The highest BCUT2D eigenvalue weighted by Gasteiger charge is 2.53. The van der Waals surface area contributed by atoms with Crippen LogP contribution in [0.15, 0.2) is 0 Å². The minimum Gasteiger partial charge on any atom is -0.0525 e. The van der Waals surface area contributed by atoms with Gasteiger partial charge in [-0.05, 0) is 55.8 Å². The molecule has 0 aliphatic heterocycles. The van der Waals surface area contributed by atoms with Gasteiger partial charge in [-0.15, -0.1) is 0 Å². The predicted octanol–water partition coefficient (Wildman–Crippen LogP) is 2.98. The van der Waals surface area contributed by atoms with Gasteiger partial charge in [0.1, 0.15) is 0 Å². The summed E-state index contributed by atoms with van der Waals surface area (Å²) in [6.45, 7) is 0. The fourth-order valence-corrected chi connectivity index (χ4v) is 3.75. The molecule has 0 aromatic rings. The van der Waals surface area contributed by atoms with E-state index in [0.29, 0.717) is 11.8 Å². The van der Waals surface area contributed by atoms with Crippen molar-refractivity contribution in [3.05, 3.63) is 0 Å². The molecule has 0 heterocycles. The molecule has 0 radical (unpaired) electrons. The van der Waals surface area contributed by atoms with Crippen LogP contribution >= 0.6 is 0 Å². The lowest BCUT2D eigenvalue weighted by Crippen LogP contribution is -2.18. The van der Waals surface area contributed by atoms with Crippen LogP contribution in [0, 0.1) is 17.3 Å². The molecular formula is C10H16. The molecule has 0 heteroatoms. The molecule has 3 saturated carbocycles. The van der Waals surface area contributed by atoms with Gasteiger partial charge in [-0.25, -0.2) is 0 Å². The van der Waals surface area contributed by atoms with Crippen molar-refractivity contribution < 1.29 is 1.37 Å². The lowest BCUT2D eigenvalue weighted by Gasteiger charge is -2.27. The van der Waals surface area contributed by atoms with Crippen molar-refractivity contribution in [2.24, 2.45) is 17.3 Å². The fourth-order valence-electron chi connectivity index (χ4n) is 3.75. The van der Waals surface area contributed by atoms with Crippen molar-refractivity contribution in [1.29, 1.82) is 0 Å². The summed E-state index contributed by atoms with van der Waals surface area (Å²) < 4.78 is 8.04. The van der Waals surface area contributed by atoms with E-state index >= 15 is 0 Å². The average Bonchev–Trinajstić information content (AvgIpc) is 2.49. The third-order valence-corrected chi connectivity index (χ3v) is 4.15. The quantitative estimate of drug-likeness (QED) is 0.481. The van der Waals surface area contributed by atoms with Crippen LogP contribution in [0.4, 0.5) is 0 Å². The maximum Gasteiger partial charge on any atom is 0.0272 e. The van der Waals surface area contributed by atoms with Crippen LogP contribution in [-0.2, 0) is 0 Å². The van der Waals surface area contributed by atoms with E-state index in [1.54, 1.807) is 0 Å². The lowest BCUT2D eigenvalue weighted by atomic mass is 9.78. The Balaban J connectivity index is 2.00. The second-order valence-electron chi connectivity index (χ2n) is 4.57. The first-order valence-corrected chi connectivity index (χ1v) is 4.73. The van der Waals surface area contributed by atoms with Gasteiger partial charge < -0.3 is 0 Å². The molecule has 4 atom stereocenters. The van der Waals surface area contributed by atoms with Crippen molar-refractivity contribution in [3.8, 4) is 0 Å². The fraction of sp³-hybridized carbons (Fsp3) is 1.00. The molecule has 3 fully saturated rings. The number of hydrogen-bond acceptors (Lipinski definition) is 0. The van der Waals surface area contributed by atoms with E-state index in [9.17, 15) is 0 Å². The summed E-state index contributed by atoms with van der Waals surface area (Å²) in [5.74, 6) is 1.94. The van der Waals surface area contributed by atoms with Gasteiger partial charge in [0, 0.05) is 1.37 Å². The zero-order valence-corrected chi connectivity index (χ0v) is 6.47. The summed E-state index contributed by atoms with van der Waals surface area (Å²) >= 11 is 0. The number of rotatable bonds is 0. The Hall–Kier alpha value is 0. The molecule has 0 amide bonds. The molecule has 0 aromatic carbocycles. The highest BCUT2D eigenvalue weighted by atomic mass is 14.6. The minimum absolute atomic E-state index is 0.328. The highest BCUT2D eigenvalue weighted by molar-refractivity contribution is 5.04. The normalized spacial score (nSPS) is 66.4. The molecule has 10 heavy (non-hydrogen) atoms. The Kier molecular flexibility index (Phi) is 0.765. The second kappa shape index (κ2) is 1.60. The smallest absolute Gasteiger partial charge is 0.0272 e. The van der Waals surface area contributed by atoms with Crippen LogP contribution < -0.4 is 0 Å². The van der Waals surface area contributed by atoms with Crippen molar-refractivity contribution in [2.45, 2.75) is 44.9 Å². The standard InChI is InChI=1S/C10H16/c1-2-9-6-8-3-5-10(9,4-1)7-8/h8-9H,1-7H2/t8-,9-,10-/m1/s1/i5D/t5-,8+,9+,10+/m0. The number of fused-ring (bicyclic) bond motifs is 1. The minimum atomic E-state index is 0.328. The summed E-state index contributed by atoms with van der Waals surface area (Å²) in [4.78, 5) is 0. The van der Waals surface area contributed by atoms with Crippen molar-refractivity contribution >= 4 is 0 Å². The van der Waals surface area contributed by atoms with Crippen LogP contribution in [-0.4, -0.2) is 0 Å². The molecule has 3 rings (SSSR count). The van der Waals surface area contributed by atoms with Crippen LogP contribution in [0.2, 0.25) is 0 Å². The van der Waals surface area contributed by atoms with Crippen molar-refractivity contribution in [3.63, 3.8) is 0 Å². The molecule has 56 valence electrons. The number of hydrogen-bond donors (Lipinski definition) is 0. The van der Waals surface area contributed by atoms with E-state index in [2.05, 4.69) is 0 Å². The zero-order chi connectivity index (χ0) is 7.47. The Morgan fingerprint density at radius 3 is 3.20 bits per heavy atom. The van der Waals surface area contributed by atoms with Gasteiger partial charge in [0.25, 0.3) is 0 Å². The molecule has 3 aliphatic rings. The summed E-state index contributed by atoms with van der Waals surface area (Å²) in [5.41, 5.74) is 0.546. The van der Waals surface area contributed by atoms with E-state index in [1.165, 1.54) is 38.5 Å².